The van der Waals surface area contributed by atoms with Crippen LogP contribution < -0.4 is 10.6 Å². The fourth-order valence-corrected chi connectivity index (χ4v) is 2.73. The van der Waals surface area contributed by atoms with Crippen molar-refractivity contribution >= 4 is 11.9 Å². The van der Waals surface area contributed by atoms with E-state index in [-0.39, 0.29) is 24.5 Å². The van der Waals surface area contributed by atoms with Gasteiger partial charge in [0, 0.05) is 19.2 Å². The van der Waals surface area contributed by atoms with E-state index >= 15 is 0 Å². The van der Waals surface area contributed by atoms with Crippen LogP contribution in [0.2, 0.25) is 0 Å². The molecule has 0 saturated carbocycles. The number of amides is 1. The summed E-state index contributed by atoms with van der Waals surface area (Å²) in [6.45, 7) is -0.00465. The number of methoxy groups -OCH3 is 1. The number of carboxylic acid groups (broad SMARTS) is 1. The molecule has 6 heteroatoms. The van der Waals surface area contributed by atoms with Crippen molar-refractivity contribution in [2.45, 2.75) is 37.4 Å². The summed E-state index contributed by atoms with van der Waals surface area (Å²) in [5.41, 5.74) is 0. The molecule has 6 nitrogen and oxygen atoms in total. The standard InChI is InChI=1S/C11H18N2O4/c1-17-5-9(11(15)16)13-10(14)7-4-6-2-3-8(7)12-6/h6-9,12H,2-5H2,1H3,(H,13,14)(H,15,16). The molecule has 1 amide bonds. The average molecular weight is 242 g/mol. The fourth-order valence-electron chi connectivity index (χ4n) is 2.73. The van der Waals surface area contributed by atoms with Crippen LogP contribution in [0.1, 0.15) is 19.3 Å². The first-order chi connectivity index (χ1) is 8.11. The minimum Gasteiger partial charge on any atom is -0.480 e. The largest absolute Gasteiger partial charge is 0.480 e. The lowest BCUT2D eigenvalue weighted by atomic mass is 9.88. The predicted octanol–water partition coefficient (Wildman–Crippen LogP) is -0.657. The maximum absolute atomic E-state index is 12.0. The Kier molecular flexibility index (Phi) is 3.63. The minimum absolute atomic E-state index is 0.00465. The van der Waals surface area contributed by atoms with E-state index in [2.05, 4.69) is 10.6 Å². The molecular formula is C11H18N2O4. The second-order valence-electron chi connectivity index (χ2n) is 4.74. The van der Waals surface area contributed by atoms with Gasteiger partial charge in [-0.05, 0) is 19.3 Å². The van der Waals surface area contributed by atoms with Gasteiger partial charge in [0.2, 0.25) is 5.91 Å². The van der Waals surface area contributed by atoms with Crippen LogP contribution >= 0.6 is 0 Å². The Labute approximate surface area is 99.7 Å². The van der Waals surface area contributed by atoms with Gasteiger partial charge in [-0.3, -0.25) is 4.79 Å². The van der Waals surface area contributed by atoms with E-state index in [0.717, 1.165) is 19.3 Å². The summed E-state index contributed by atoms with van der Waals surface area (Å²) >= 11 is 0. The van der Waals surface area contributed by atoms with Crippen molar-refractivity contribution in [2.24, 2.45) is 5.92 Å². The quantitative estimate of drug-likeness (QED) is 0.596. The summed E-state index contributed by atoms with van der Waals surface area (Å²) in [6, 6.07) is -0.301. The van der Waals surface area contributed by atoms with Crippen molar-refractivity contribution in [3.8, 4) is 0 Å². The summed E-state index contributed by atoms with van der Waals surface area (Å²) in [5.74, 6) is -1.32. The molecule has 2 saturated heterocycles. The van der Waals surface area contributed by atoms with Gasteiger partial charge in [0.25, 0.3) is 0 Å². The van der Waals surface area contributed by atoms with Crippen molar-refractivity contribution in [3.63, 3.8) is 0 Å². The van der Waals surface area contributed by atoms with E-state index in [4.69, 9.17) is 9.84 Å². The zero-order valence-corrected chi connectivity index (χ0v) is 9.81. The van der Waals surface area contributed by atoms with Gasteiger partial charge >= 0.3 is 5.97 Å². The number of rotatable bonds is 5. The SMILES string of the molecule is COCC(NC(=O)C1CC2CCC1N2)C(=O)O. The maximum Gasteiger partial charge on any atom is 0.328 e. The number of carboxylic acids is 1. The van der Waals surface area contributed by atoms with Gasteiger partial charge in [-0.1, -0.05) is 0 Å². The van der Waals surface area contributed by atoms with Gasteiger partial charge in [0.15, 0.2) is 6.04 Å². The molecule has 2 heterocycles. The third kappa shape index (κ3) is 2.58. The molecule has 17 heavy (non-hydrogen) atoms. The number of hydrogen-bond acceptors (Lipinski definition) is 4. The first kappa shape index (κ1) is 12.3. The number of ether oxygens (including phenoxy) is 1. The van der Waals surface area contributed by atoms with E-state index in [1.807, 2.05) is 0 Å². The number of hydrogen-bond donors (Lipinski definition) is 3. The minimum atomic E-state index is -1.06. The molecule has 2 aliphatic rings. The van der Waals surface area contributed by atoms with E-state index in [0.29, 0.717) is 6.04 Å². The molecule has 2 fully saturated rings. The van der Waals surface area contributed by atoms with Gasteiger partial charge in [-0.25, -0.2) is 4.79 Å². The number of carbonyl (C=O) groups excluding carboxylic acids is 1. The highest BCUT2D eigenvalue weighted by atomic mass is 16.5. The van der Waals surface area contributed by atoms with Crippen LogP contribution in [-0.2, 0) is 14.3 Å². The molecule has 0 aromatic heterocycles. The van der Waals surface area contributed by atoms with Gasteiger partial charge in [-0.2, -0.15) is 0 Å². The van der Waals surface area contributed by atoms with E-state index in [1.54, 1.807) is 0 Å². The molecule has 0 spiro atoms. The smallest absolute Gasteiger partial charge is 0.328 e. The monoisotopic (exact) mass is 242 g/mol. The zero-order valence-electron chi connectivity index (χ0n) is 9.81. The van der Waals surface area contributed by atoms with Crippen LogP contribution in [0, 0.1) is 5.92 Å². The van der Waals surface area contributed by atoms with Crippen LogP contribution in [-0.4, -0.2) is 48.8 Å². The van der Waals surface area contributed by atoms with Crippen LogP contribution in [0.4, 0.5) is 0 Å². The molecule has 4 atom stereocenters. The second kappa shape index (κ2) is 5.01. The van der Waals surface area contributed by atoms with Crippen molar-refractivity contribution in [3.05, 3.63) is 0 Å². The Hall–Kier alpha value is -1.14. The lowest BCUT2D eigenvalue weighted by molar-refractivity contribution is -0.144. The molecule has 4 unspecified atom stereocenters. The molecule has 0 aliphatic carbocycles. The summed E-state index contributed by atoms with van der Waals surface area (Å²) in [5, 5.41) is 14.8. The van der Waals surface area contributed by atoms with Crippen LogP contribution in [0.25, 0.3) is 0 Å². The van der Waals surface area contributed by atoms with Crippen LogP contribution in [0.3, 0.4) is 0 Å². The normalized spacial score (nSPS) is 32.4. The molecule has 0 aromatic carbocycles. The predicted molar refractivity (Wildman–Crippen MR) is 59.5 cm³/mol. The van der Waals surface area contributed by atoms with E-state index in [1.165, 1.54) is 7.11 Å². The summed E-state index contributed by atoms with van der Waals surface area (Å²) in [6.07, 6.45) is 2.94. The number of nitrogens with one attached hydrogen (secondary N) is 2. The Balaban J connectivity index is 1.89. The highest BCUT2D eigenvalue weighted by molar-refractivity contribution is 5.85. The van der Waals surface area contributed by atoms with Gasteiger partial charge < -0.3 is 20.5 Å². The lowest BCUT2D eigenvalue weighted by Gasteiger charge is -2.21. The van der Waals surface area contributed by atoms with E-state index < -0.39 is 12.0 Å². The molecular weight excluding hydrogens is 224 g/mol. The van der Waals surface area contributed by atoms with Gasteiger partial charge in [0.1, 0.15) is 0 Å². The number of fused-ring (bicyclic) bond motifs is 2. The number of aliphatic carboxylic acids is 1. The van der Waals surface area contributed by atoms with Crippen molar-refractivity contribution in [1.82, 2.24) is 10.6 Å². The molecule has 2 bridgehead atoms. The molecule has 96 valence electrons. The van der Waals surface area contributed by atoms with Crippen molar-refractivity contribution in [1.29, 1.82) is 0 Å². The molecule has 2 rings (SSSR count). The lowest BCUT2D eigenvalue weighted by Crippen LogP contribution is -2.48. The Morgan fingerprint density at radius 1 is 1.53 bits per heavy atom. The first-order valence-electron chi connectivity index (χ1n) is 5.90. The van der Waals surface area contributed by atoms with E-state index in [9.17, 15) is 9.59 Å². The summed E-state index contributed by atoms with van der Waals surface area (Å²) in [4.78, 5) is 22.8. The second-order valence-corrected chi connectivity index (χ2v) is 4.74. The Morgan fingerprint density at radius 3 is 2.76 bits per heavy atom. The van der Waals surface area contributed by atoms with Gasteiger partial charge in [-0.15, -0.1) is 0 Å². The van der Waals surface area contributed by atoms with Crippen LogP contribution in [0.5, 0.6) is 0 Å². The van der Waals surface area contributed by atoms with Gasteiger partial charge in [0.05, 0.1) is 12.5 Å². The average Bonchev–Trinajstić information content (AvgIpc) is 2.89. The molecule has 0 aromatic rings. The topological polar surface area (TPSA) is 87.7 Å². The Bertz CT molecular complexity index is 321. The number of carbonyl (C=O) groups is 2. The third-order valence-corrected chi connectivity index (χ3v) is 3.58. The zero-order chi connectivity index (χ0) is 12.4. The third-order valence-electron chi connectivity index (χ3n) is 3.58. The molecule has 0 radical (unpaired) electrons. The van der Waals surface area contributed by atoms with Crippen molar-refractivity contribution < 1.29 is 19.4 Å². The highest BCUT2D eigenvalue weighted by Gasteiger charge is 2.43. The maximum atomic E-state index is 12.0. The Morgan fingerprint density at radius 2 is 2.29 bits per heavy atom. The molecule has 2 aliphatic heterocycles. The highest BCUT2D eigenvalue weighted by Crippen LogP contribution is 2.33. The first-order valence-corrected chi connectivity index (χ1v) is 5.90. The summed E-state index contributed by atoms with van der Waals surface area (Å²) in [7, 11) is 1.42. The fraction of sp³-hybridized carbons (Fsp3) is 0.818. The van der Waals surface area contributed by atoms with Crippen LogP contribution in [0.15, 0.2) is 0 Å². The summed E-state index contributed by atoms with van der Waals surface area (Å²) < 4.78 is 4.78. The molecule has 3 N–H and O–H groups in total. The van der Waals surface area contributed by atoms with Crippen molar-refractivity contribution in [2.75, 3.05) is 13.7 Å².